The molecule has 0 bridgehead atoms. The van der Waals surface area contributed by atoms with Crippen molar-refractivity contribution in [3.05, 3.63) is 41.4 Å². The van der Waals surface area contributed by atoms with Crippen LogP contribution < -0.4 is 16.0 Å². The zero-order chi connectivity index (χ0) is 14.1. The lowest BCUT2D eigenvalue weighted by molar-refractivity contribution is 0.393. The van der Waals surface area contributed by atoms with Crippen LogP contribution in [-0.2, 0) is 0 Å². The Kier molecular flexibility index (Phi) is 7.56. The van der Waals surface area contributed by atoms with Crippen molar-refractivity contribution in [2.75, 3.05) is 7.11 Å². The third-order valence-corrected chi connectivity index (χ3v) is 3.41. The molecule has 0 aliphatic rings. The highest BCUT2D eigenvalue weighted by Crippen LogP contribution is 2.30. The van der Waals surface area contributed by atoms with E-state index in [2.05, 4.69) is 12.0 Å². The van der Waals surface area contributed by atoms with E-state index in [1.165, 1.54) is 12.8 Å². The van der Waals surface area contributed by atoms with Crippen LogP contribution in [0, 0.1) is 0 Å². The van der Waals surface area contributed by atoms with Gasteiger partial charge in [-0.15, -0.1) is 6.58 Å². The predicted molar refractivity (Wildman–Crippen MR) is 81.4 cm³/mol. The van der Waals surface area contributed by atoms with Crippen LogP contribution >= 0.6 is 11.6 Å². The molecule has 1 unspecified atom stereocenters. The standard InChI is InChI=1S/C15H23ClN2O/c1-3-4-5-6-7-8-14(18-17)13-10-9-12(16)11-15(13)19-2/h3,9-11,14,18H,1,4-8,17H2,2H3. The van der Waals surface area contributed by atoms with E-state index in [1.807, 2.05) is 24.3 Å². The van der Waals surface area contributed by atoms with Crippen molar-refractivity contribution in [1.29, 1.82) is 0 Å². The molecule has 0 saturated carbocycles. The Hall–Kier alpha value is -1.03. The molecule has 0 heterocycles. The maximum Gasteiger partial charge on any atom is 0.125 e. The average molecular weight is 283 g/mol. The molecule has 0 fully saturated rings. The minimum atomic E-state index is 0.0935. The molecule has 1 rings (SSSR count). The van der Waals surface area contributed by atoms with E-state index < -0.39 is 0 Å². The quantitative estimate of drug-likeness (QED) is 0.312. The maximum atomic E-state index is 5.96. The lowest BCUT2D eigenvalue weighted by atomic mass is 9.99. The number of hydrogen-bond acceptors (Lipinski definition) is 3. The summed E-state index contributed by atoms with van der Waals surface area (Å²) in [6.07, 6.45) is 7.49. The molecule has 1 atom stereocenters. The first-order valence-electron chi connectivity index (χ1n) is 6.63. The van der Waals surface area contributed by atoms with Gasteiger partial charge in [0.1, 0.15) is 5.75 Å². The van der Waals surface area contributed by atoms with Gasteiger partial charge in [0.25, 0.3) is 0 Å². The lowest BCUT2D eigenvalue weighted by Crippen LogP contribution is -2.28. The Morgan fingerprint density at radius 1 is 1.42 bits per heavy atom. The fourth-order valence-corrected chi connectivity index (χ4v) is 2.28. The number of rotatable bonds is 9. The molecule has 1 aromatic rings. The number of methoxy groups -OCH3 is 1. The van der Waals surface area contributed by atoms with E-state index in [1.54, 1.807) is 7.11 Å². The fraction of sp³-hybridized carbons (Fsp3) is 0.467. The van der Waals surface area contributed by atoms with E-state index in [0.717, 1.165) is 30.6 Å². The maximum absolute atomic E-state index is 5.96. The number of ether oxygens (including phenoxy) is 1. The van der Waals surface area contributed by atoms with Gasteiger partial charge in [0, 0.05) is 16.6 Å². The first-order valence-corrected chi connectivity index (χ1v) is 7.01. The molecular weight excluding hydrogens is 260 g/mol. The monoisotopic (exact) mass is 282 g/mol. The van der Waals surface area contributed by atoms with Crippen molar-refractivity contribution in [1.82, 2.24) is 5.43 Å². The summed E-state index contributed by atoms with van der Waals surface area (Å²) in [6, 6.07) is 5.74. The Labute approximate surface area is 120 Å². The molecule has 0 aromatic heterocycles. The first kappa shape index (κ1) is 16.0. The third-order valence-electron chi connectivity index (χ3n) is 3.17. The molecule has 0 amide bonds. The van der Waals surface area contributed by atoms with Gasteiger partial charge in [-0.25, -0.2) is 0 Å². The molecule has 106 valence electrons. The Morgan fingerprint density at radius 3 is 2.84 bits per heavy atom. The number of hydrogen-bond donors (Lipinski definition) is 2. The fourth-order valence-electron chi connectivity index (χ4n) is 2.12. The number of allylic oxidation sites excluding steroid dienone is 1. The summed E-state index contributed by atoms with van der Waals surface area (Å²) in [7, 11) is 1.65. The van der Waals surface area contributed by atoms with Crippen LogP contribution in [0.2, 0.25) is 5.02 Å². The molecule has 1 aromatic carbocycles. The van der Waals surface area contributed by atoms with E-state index in [0.29, 0.717) is 5.02 Å². The Bertz CT molecular complexity index is 396. The summed E-state index contributed by atoms with van der Waals surface area (Å²) in [5, 5.41) is 0.669. The van der Waals surface area contributed by atoms with Crippen LogP contribution in [0.5, 0.6) is 5.75 Å². The van der Waals surface area contributed by atoms with Gasteiger partial charge in [0.15, 0.2) is 0 Å². The minimum Gasteiger partial charge on any atom is -0.496 e. The highest BCUT2D eigenvalue weighted by molar-refractivity contribution is 6.30. The van der Waals surface area contributed by atoms with Gasteiger partial charge in [-0.1, -0.05) is 36.6 Å². The number of hydrazine groups is 1. The molecule has 0 radical (unpaired) electrons. The molecule has 19 heavy (non-hydrogen) atoms. The number of nitrogens with two attached hydrogens (primary N) is 1. The zero-order valence-corrected chi connectivity index (χ0v) is 12.2. The van der Waals surface area contributed by atoms with Gasteiger partial charge in [0.2, 0.25) is 0 Å². The molecule has 0 spiro atoms. The van der Waals surface area contributed by atoms with E-state index in [-0.39, 0.29) is 6.04 Å². The van der Waals surface area contributed by atoms with Crippen LogP contribution in [0.4, 0.5) is 0 Å². The van der Waals surface area contributed by atoms with Crippen molar-refractivity contribution >= 4 is 11.6 Å². The van der Waals surface area contributed by atoms with Crippen molar-refractivity contribution in [3.63, 3.8) is 0 Å². The second-order valence-corrected chi connectivity index (χ2v) is 4.97. The van der Waals surface area contributed by atoms with E-state index in [4.69, 9.17) is 22.2 Å². The van der Waals surface area contributed by atoms with Gasteiger partial charge < -0.3 is 4.74 Å². The summed E-state index contributed by atoms with van der Waals surface area (Å²) < 4.78 is 5.36. The summed E-state index contributed by atoms with van der Waals surface area (Å²) in [6.45, 7) is 3.73. The van der Waals surface area contributed by atoms with Gasteiger partial charge in [0.05, 0.1) is 7.11 Å². The van der Waals surface area contributed by atoms with Crippen LogP contribution in [0.1, 0.15) is 43.7 Å². The summed E-state index contributed by atoms with van der Waals surface area (Å²) in [5.74, 6) is 6.43. The second-order valence-electron chi connectivity index (χ2n) is 4.53. The Balaban J connectivity index is 2.61. The molecule has 3 N–H and O–H groups in total. The molecule has 3 nitrogen and oxygen atoms in total. The number of benzene rings is 1. The van der Waals surface area contributed by atoms with Crippen molar-refractivity contribution < 1.29 is 4.74 Å². The number of nitrogens with one attached hydrogen (secondary N) is 1. The van der Waals surface area contributed by atoms with E-state index >= 15 is 0 Å². The highest BCUT2D eigenvalue weighted by Gasteiger charge is 2.14. The molecule has 0 aliphatic carbocycles. The van der Waals surface area contributed by atoms with Crippen molar-refractivity contribution in [2.45, 2.75) is 38.1 Å². The lowest BCUT2D eigenvalue weighted by Gasteiger charge is -2.19. The van der Waals surface area contributed by atoms with E-state index in [9.17, 15) is 0 Å². The van der Waals surface area contributed by atoms with Gasteiger partial charge in [-0.3, -0.25) is 11.3 Å². The summed E-state index contributed by atoms with van der Waals surface area (Å²) in [4.78, 5) is 0. The van der Waals surface area contributed by atoms with Gasteiger partial charge in [-0.05, 0) is 31.4 Å². The third kappa shape index (κ3) is 5.23. The van der Waals surface area contributed by atoms with Gasteiger partial charge >= 0.3 is 0 Å². The molecular formula is C15H23ClN2O. The number of unbranched alkanes of at least 4 members (excludes halogenated alkanes) is 3. The highest BCUT2D eigenvalue weighted by atomic mass is 35.5. The van der Waals surface area contributed by atoms with Crippen LogP contribution in [-0.4, -0.2) is 7.11 Å². The minimum absolute atomic E-state index is 0.0935. The van der Waals surface area contributed by atoms with Crippen LogP contribution in [0.15, 0.2) is 30.9 Å². The molecule has 0 aliphatic heterocycles. The molecule has 4 heteroatoms. The summed E-state index contributed by atoms with van der Waals surface area (Å²) in [5.41, 5.74) is 3.91. The van der Waals surface area contributed by atoms with Crippen LogP contribution in [0.3, 0.4) is 0 Å². The largest absolute Gasteiger partial charge is 0.496 e. The first-order chi connectivity index (χ1) is 9.22. The zero-order valence-electron chi connectivity index (χ0n) is 11.5. The van der Waals surface area contributed by atoms with Gasteiger partial charge in [-0.2, -0.15) is 0 Å². The average Bonchev–Trinajstić information content (AvgIpc) is 2.43. The normalized spacial score (nSPS) is 12.2. The predicted octanol–water partition coefficient (Wildman–Crippen LogP) is 3.99. The Morgan fingerprint density at radius 2 is 2.21 bits per heavy atom. The topological polar surface area (TPSA) is 47.3 Å². The van der Waals surface area contributed by atoms with Crippen molar-refractivity contribution in [2.24, 2.45) is 5.84 Å². The smallest absolute Gasteiger partial charge is 0.125 e. The second kappa shape index (κ2) is 8.97. The van der Waals surface area contributed by atoms with Crippen LogP contribution in [0.25, 0.3) is 0 Å². The molecule has 0 saturated heterocycles. The number of halogens is 1. The SMILES string of the molecule is C=CCCCCCC(NN)c1ccc(Cl)cc1OC. The summed E-state index contributed by atoms with van der Waals surface area (Å²) >= 11 is 5.96. The van der Waals surface area contributed by atoms with Crippen molar-refractivity contribution in [3.8, 4) is 5.75 Å².